The maximum atomic E-state index is 13.8. The number of ether oxygens (including phenoxy) is 1. The largest absolute Gasteiger partial charge is 0.495 e. The van der Waals surface area contributed by atoms with E-state index in [0.29, 0.717) is 46.5 Å². The molecule has 2 heterocycles. The Kier molecular flexibility index (Phi) is 7.20. The number of benzene rings is 2. The Morgan fingerprint density at radius 3 is 2.39 bits per heavy atom. The Hall–Kier alpha value is -3.61. The van der Waals surface area contributed by atoms with E-state index >= 15 is 0 Å². The molecule has 4 rings (SSSR count). The molecule has 36 heavy (non-hydrogen) atoms. The zero-order valence-electron chi connectivity index (χ0n) is 21.9. The summed E-state index contributed by atoms with van der Waals surface area (Å²) in [6.07, 6.45) is 2.41. The number of rotatable bonds is 6. The smallest absolute Gasteiger partial charge is 0.294 e. The second-order valence-corrected chi connectivity index (χ2v) is 10.2. The lowest BCUT2D eigenvalue weighted by atomic mass is 9.73. The molecule has 1 saturated heterocycles. The van der Waals surface area contributed by atoms with E-state index in [0.717, 1.165) is 6.42 Å². The zero-order valence-corrected chi connectivity index (χ0v) is 21.9. The highest BCUT2D eigenvalue weighted by atomic mass is 16.5. The lowest BCUT2D eigenvalue weighted by molar-refractivity contribution is -0.124. The molecule has 4 atom stereocenters. The van der Waals surface area contributed by atoms with Crippen molar-refractivity contribution in [1.82, 2.24) is 14.8 Å². The Bertz CT molecular complexity index is 1280. The van der Waals surface area contributed by atoms with Crippen molar-refractivity contribution in [3.63, 3.8) is 0 Å². The summed E-state index contributed by atoms with van der Waals surface area (Å²) in [5.74, 6) is 0.0812. The van der Waals surface area contributed by atoms with E-state index in [9.17, 15) is 14.4 Å². The van der Waals surface area contributed by atoms with Crippen molar-refractivity contribution in [2.45, 2.75) is 39.2 Å². The maximum absolute atomic E-state index is 13.8. The summed E-state index contributed by atoms with van der Waals surface area (Å²) in [6.45, 7) is 7.23. The number of carbonyl (C=O) groups is 3. The minimum atomic E-state index is -0.646. The summed E-state index contributed by atoms with van der Waals surface area (Å²) in [5.41, 5.74) is 2.55. The van der Waals surface area contributed by atoms with E-state index in [1.165, 1.54) is 37.9 Å². The number of aromatic nitrogens is 1. The molecule has 0 bridgehead atoms. The van der Waals surface area contributed by atoms with Crippen molar-refractivity contribution >= 4 is 28.5 Å². The number of Topliss-reactive ketones (excluding diaryl/α,β-unsaturated/α-hetero) is 1. The summed E-state index contributed by atoms with van der Waals surface area (Å²) in [7, 11) is 4.55. The van der Waals surface area contributed by atoms with Crippen LogP contribution in [0.5, 0.6) is 5.75 Å². The van der Waals surface area contributed by atoms with Crippen LogP contribution in [0.3, 0.4) is 0 Å². The van der Waals surface area contributed by atoms with E-state index < -0.39 is 11.7 Å². The minimum absolute atomic E-state index is 0.0490. The number of carbonyl (C=O) groups excluding carboxylic acids is 3. The van der Waals surface area contributed by atoms with Crippen molar-refractivity contribution in [1.29, 1.82) is 0 Å². The van der Waals surface area contributed by atoms with Gasteiger partial charge in [-0.05, 0) is 48.8 Å². The van der Waals surface area contributed by atoms with Crippen LogP contribution >= 0.6 is 0 Å². The lowest BCUT2D eigenvalue weighted by Gasteiger charge is -2.44. The van der Waals surface area contributed by atoms with Crippen LogP contribution < -0.4 is 4.74 Å². The molecule has 0 radical (unpaired) electrons. The van der Waals surface area contributed by atoms with Crippen LogP contribution in [0.4, 0.5) is 0 Å². The molecule has 0 saturated carbocycles. The fourth-order valence-corrected chi connectivity index (χ4v) is 5.59. The van der Waals surface area contributed by atoms with Crippen LogP contribution in [0.15, 0.2) is 48.7 Å². The van der Waals surface area contributed by atoms with Gasteiger partial charge in [-0.25, -0.2) is 0 Å². The van der Waals surface area contributed by atoms with Gasteiger partial charge < -0.3 is 19.5 Å². The van der Waals surface area contributed by atoms with Crippen molar-refractivity contribution < 1.29 is 19.1 Å². The Labute approximate surface area is 212 Å². The summed E-state index contributed by atoms with van der Waals surface area (Å²) in [4.78, 5) is 45.3. The standard InChI is InChI=1S/C29H35N3O4/c1-17-16-32(18(2)14-22(17)19(3)20-10-8-7-9-11-20)28(34)21-12-13-24-25(27(21)36-6)23(15-30-24)26(33)29(35)31(4)5/h7-13,15,17-19,22,30H,14,16H2,1-6H3. The maximum Gasteiger partial charge on any atom is 0.294 e. The predicted octanol–water partition coefficient (Wildman–Crippen LogP) is 4.74. The van der Waals surface area contributed by atoms with E-state index in [1.807, 2.05) is 11.0 Å². The molecule has 2 aromatic carbocycles. The summed E-state index contributed by atoms with van der Waals surface area (Å²) in [5, 5.41) is 0.455. The van der Waals surface area contributed by atoms with Crippen LogP contribution in [0.1, 0.15) is 59.4 Å². The van der Waals surface area contributed by atoms with Crippen LogP contribution in [0, 0.1) is 11.8 Å². The molecule has 2 amide bonds. The van der Waals surface area contributed by atoms with Gasteiger partial charge in [0.2, 0.25) is 0 Å². The van der Waals surface area contributed by atoms with Crippen molar-refractivity contribution in [2.75, 3.05) is 27.7 Å². The first kappa shape index (κ1) is 25.5. The molecule has 190 valence electrons. The number of ketones is 1. The molecule has 0 aliphatic carbocycles. The van der Waals surface area contributed by atoms with Gasteiger partial charge in [0.1, 0.15) is 5.75 Å². The van der Waals surface area contributed by atoms with Gasteiger partial charge in [0.25, 0.3) is 17.6 Å². The third-order valence-electron chi connectivity index (χ3n) is 7.67. The van der Waals surface area contributed by atoms with Gasteiger partial charge in [-0.1, -0.05) is 44.2 Å². The van der Waals surface area contributed by atoms with Gasteiger partial charge in [-0.15, -0.1) is 0 Å². The normalized spacial score (nSPS) is 20.7. The first-order valence-electron chi connectivity index (χ1n) is 12.5. The highest BCUT2D eigenvalue weighted by Gasteiger charge is 2.38. The van der Waals surface area contributed by atoms with Crippen LogP contribution in [0.2, 0.25) is 0 Å². The Balaban J connectivity index is 1.64. The number of nitrogens with one attached hydrogen (secondary N) is 1. The van der Waals surface area contributed by atoms with Crippen molar-refractivity contribution in [3.05, 3.63) is 65.4 Å². The van der Waals surface area contributed by atoms with Gasteiger partial charge in [0, 0.05) is 38.4 Å². The molecule has 1 fully saturated rings. The molecule has 7 nitrogen and oxygen atoms in total. The number of likely N-dealkylation sites (N-methyl/N-ethyl adjacent to an activating group) is 1. The van der Waals surface area contributed by atoms with Gasteiger partial charge >= 0.3 is 0 Å². The van der Waals surface area contributed by atoms with Crippen molar-refractivity contribution in [2.24, 2.45) is 11.8 Å². The van der Waals surface area contributed by atoms with Gasteiger partial charge in [-0.2, -0.15) is 0 Å². The number of amides is 2. The second-order valence-electron chi connectivity index (χ2n) is 10.2. The first-order chi connectivity index (χ1) is 17.1. The highest BCUT2D eigenvalue weighted by molar-refractivity contribution is 6.45. The molecule has 3 aromatic rings. The Morgan fingerprint density at radius 1 is 1.06 bits per heavy atom. The molecular formula is C29H35N3O4. The van der Waals surface area contributed by atoms with E-state index in [1.54, 1.807) is 12.1 Å². The summed E-state index contributed by atoms with van der Waals surface area (Å²) in [6, 6.07) is 14.1. The molecule has 0 spiro atoms. The predicted molar refractivity (Wildman–Crippen MR) is 141 cm³/mol. The zero-order chi connectivity index (χ0) is 26.1. The molecule has 1 N–H and O–H groups in total. The second kappa shape index (κ2) is 10.2. The first-order valence-corrected chi connectivity index (χ1v) is 12.5. The Morgan fingerprint density at radius 2 is 1.75 bits per heavy atom. The minimum Gasteiger partial charge on any atom is -0.495 e. The molecule has 1 aliphatic heterocycles. The van der Waals surface area contributed by atoms with Crippen LogP contribution in [-0.4, -0.2) is 66.2 Å². The number of fused-ring (bicyclic) bond motifs is 1. The quantitative estimate of drug-likeness (QED) is 0.401. The summed E-state index contributed by atoms with van der Waals surface area (Å²) < 4.78 is 5.69. The molecule has 1 aromatic heterocycles. The third kappa shape index (κ3) is 4.50. The number of piperidine rings is 1. The van der Waals surface area contributed by atoms with E-state index in [4.69, 9.17) is 4.74 Å². The third-order valence-corrected chi connectivity index (χ3v) is 7.67. The number of hydrogen-bond donors (Lipinski definition) is 1. The van der Waals surface area contributed by atoms with Crippen LogP contribution in [-0.2, 0) is 4.79 Å². The number of hydrogen-bond acceptors (Lipinski definition) is 4. The van der Waals surface area contributed by atoms with Crippen LogP contribution in [0.25, 0.3) is 10.9 Å². The molecule has 7 heteroatoms. The monoisotopic (exact) mass is 489 g/mol. The van der Waals surface area contributed by atoms with Gasteiger partial charge in [0.05, 0.1) is 23.6 Å². The number of methoxy groups -OCH3 is 1. The van der Waals surface area contributed by atoms with E-state index in [-0.39, 0.29) is 17.5 Å². The highest BCUT2D eigenvalue weighted by Crippen LogP contribution is 2.40. The average Bonchev–Trinajstić information content (AvgIpc) is 3.32. The fourth-order valence-electron chi connectivity index (χ4n) is 5.59. The summed E-state index contributed by atoms with van der Waals surface area (Å²) >= 11 is 0. The topological polar surface area (TPSA) is 82.7 Å². The molecule has 4 unspecified atom stereocenters. The van der Waals surface area contributed by atoms with Gasteiger partial charge in [0.15, 0.2) is 0 Å². The number of aromatic amines is 1. The van der Waals surface area contributed by atoms with E-state index in [2.05, 4.69) is 50.0 Å². The molecular weight excluding hydrogens is 454 g/mol. The number of H-pyrrole nitrogens is 1. The van der Waals surface area contributed by atoms with Gasteiger partial charge in [-0.3, -0.25) is 14.4 Å². The SMILES string of the molecule is COc1c(C(=O)N2CC(C)C(C(C)c3ccccc3)CC2C)ccc2[nH]cc(C(=O)C(=O)N(C)C)c12. The lowest BCUT2D eigenvalue weighted by Crippen LogP contribution is -2.49. The number of nitrogens with zero attached hydrogens (tertiary/aromatic N) is 2. The van der Waals surface area contributed by atoms with Crippen molar-refractivity contribution in [3.8, 4) is 5.75 Å². The fraction of sp³-hybridized carbons (Fsp3) is 0.414. The number of likely N-dealkylation sites (tertiary alicyclic amines) is 1. The molecule has 1 aliphatic rings. The average molecular weight is 490 g/mol.